The third-order valence-electron chi connectivity index (χ3n) is 4.38. The zero-order valence-electron chi connectivity index (χ0n) is 15.5. The van der Waals surface area contributed by atoms with E-state index in [1.807, 2.05) is 24.8 Å². The molecule has 9 heteroatoms. The minimum absolute atomic E-state index is 0.0182. The van der Waals surface area contributed by atoms with Crippen LogP contribution in [0.2, 0.25) is 5.02 Å². The SMILES string of the molecule is CCNc1cc(C)nc(N2CCN(S(=O)(=O)Cc3ccc(Cl)cc3)CC2)n1. The number of rotatable bonds is 6. The van der Waals surface area contributed by atoms with Gasteiger partial charge in [-0.15, -0.1) is 0 Å². The predicted octanol–water partition coefficient (Wildman–Crippen LogP) is 2.52. The number of anilines is 2. The van der Waals surface area contributed by atoms with Gasteiger partial charge in [0.2, 0.25) is 16.0 Å². The van der Waals surface area contributed by atoms with Gasteiger partial charge in [0.1, 0.15) is 5.82 Å². The Hall–Kier alpha value is -1.90. The Morgan fingerprint density at radius 2 is 1.78 bits per heavy atom. The van der Waals surface area contributed by atoms with E-state index in [1.54, 1.807) is 28.6 Å². The van der Waals surface area contributed by atoms with E-state index in [4.69, 9.17) is 11.6 Å². The third-order valence-corrected chi connectivity index (χ3v) is 6.48. The first-order chi connectivity index (χ1) is 12.9. The molecule has 0 aliphatic carbocycles. The Bertz CT molecular complexity index is 881. The summed E-state index contributed by atoms with van der Waals surface area (Å²) in [6, 6.07) is 8.82. The molecule has 1 aliphatic heterocycles. The van der Waals surface area contributed by atoms with Crippen LogP contribution in [0.15, 0.2) is 30.3 Å². The Labute approximate surface area is 165 Å². The molecule has 2 heterocycles. The fraction of sp³-hybridized carbons (Fsp3) is 0.444. The van der Waals surface area contributed by atoms with E-state index < -0.39 is 10.0 Å². The van der Waals surface area contributed by atoms with Gasteiger partial charge < -0.3 is 10.2 Å². The van der Waals surface area contributed by atoms with Gasteiger partial charge in [-0.2, -0.15) is 9.29 Å². The molecule has 2 aromatic rings. The number of nitrogens with one attached hydrogen (secondary N) is 1. The summed E-state index contributed by atoms with van der Waals surface area (Å²) in [5, 5.41) is 3.80. The van der Waals surface area contributed by atoms with Gasteiger partial charge in [-0.25, -0.2) is 13.4 Å². The lowest BCUT2D eigenvalue weighted by Gasteiger charge is -2.34. The molecule has 0 atom stereocenters. The van der Waals surface area contributed by atoms with Crippen molar-refractivity contribution in [3.8, 4) is 0 Å². The summed E-state index contributed by atoms with van der Waals surface area (Å²) < 4.78 is 27.0. The smallest absolute Gasteiger partial charge is 0.227 e. The standard InChI is InChI=1S/C18H24ClN5O2S/c1-3-20-17-12-14(2)21-18(22-17)23-8-10-24(11-9-23)27(25,26)13-15-4-6-16(19)7-5-15/h4-7,12H,3,8-11,13H2,1-2H3,(H,20,21,22). The average Bonchev–Trinajstić information content (AvgIpc) is 2.63. The first-order valence-corrected chi connectivity index (χ1v) is 10.9. The highest BCUT2D eigenvalue weighted by molar-refractivity contribution is 7.88. The van der Waals surface area contributed by atoms with E-state index >= 15 is 0 Å². The van der Waals surface area contributed by atoms with E-state index in [-0.39, 0.29) is 5.75 Å². The minimum atomic E-state index is -3.37. The fourth-order valence-corrected chi connectivity index (χ4v) is 4.66. The van der Waals surface area contributed by atoms with Crippen molar-refractivity contribution in [3.05, 3.63) is 46.6 Å². The number of hydrogen-bond donors (Lipinski definition) is 1. The summed E-state index contributed by atoms with van der Waals surface area (Å²) in [4.78, 5) is 11.1. The number of aryl methyl sites for hydroxylation is 1. The summed E-state index contributed by atoms with van der Waals surface area (Å²) in [5.41, 5.74) is 1.62. The van der Waals surface area contributed by atoms with Crippen LogP contribution in [0.3, 0.4) is 0 Å². The van der Waals surface area contributed by atoms with Crippen molar-refractivity contribution in [1.82, 2.24) is 14.3 Å². The summed E-state index contributed by atoms with van der Waals surface area (Å²) in [5.74, 6) is 1.41. The summed E-state index contributed by atoms with van der Waals surface area (Å²) in [7, 11) is -3.37. The summed E-state index contributed by atoms with van der Waals surface area (Å²) in [6.07, 6.45) is 0. The molecule has 1 aliphatic rings. The summed E-state index contributed by atoms with van der Waals surface area (Å²) in [6.45, 7) is 6.70. The van der Waals surface area contributed by atoms with Gasteiger partial charge in [0.05, 0.1) is 5.75 Å². The number of sulfonamides is 1. The second kappa shape index (κ2) is 8.41. The number of halogens is 1. The van der Waals surface area contributed by atoms with Crippen molar-refractivity contribution in [2.75, 3.05) is 42.9 Å². The van der Waals surface area contributed by atoms with Crippen molar-refractivity contribution >= 4 is 33.4 Å². The van der Waals surface area contributed by atoms with E-state index in [9.17, 15) is 8.42 Å². The van der Waals surface area contributed by atoms with Crippen molar-refractivity contribution in [2.24, 2.45) is 0 Å². The summed E-state index contributed by atoms with van der Waals surface area (Å²) >= 11 is 5.87. The maximum absolute atomic E-state index is 12.7. The Kier molecular flexibility index (Phi) is 6.18. The Balaban J connectivity index is 1.65. The number of benzene rings is 1. The lowest BCUT2D eigenvalue weighted by Crippen LogP contribution is -2.49. The van der Waals surface area contributed by atoms with Crippen molar-refractivity contribution < 1.29 is 8.42 Å². The molecule has 0 bridgehead atoms. The molecule has 0 spiro atoms. The molecule has 0 radical (unpaired) electrons. The second-order valence-electron chi connectivity index (χ2n) is 6.49. The van der Waals surface area contributed by atoms with Crippen LogP contribution in [0.25, 0.3) is 0 Å². The van der Waals surface area contributed by atoms with Gasteiger partial charge in [0.15, 0.2) is 0 Å². The number of piperazine rings is 1. The third kappa shape index (κ3) is 5.09. The van der Waals surface area contributed by atoms with Gasteiger partial charge in [-0.05, 0) is 31.5 Å². The highest BCUT2D eigenvalue weighted by Crippen LogP contribution is 2.19. The van der Waals surface area contributed by atoms with Crippen LogP contribution in [-0.4, -0.2) is 55.4 Å². The van der Waals surface area contributed by atoms with Gasteiger partial charge in [0, 0.05) is 49.5 Å². The first-order valence-electron chi connectivity index (χ1n) is 8.94. The molecule has 7 nitrogen and oxygen atoms in total. The van der Waals surface area contributed by atoms with Crippen LogP contribution in [0, 0.1) is 6.92 Å². The molecule has 0 saturated carbocycles. The van der Waals surface area contributed by atoms with Crippen LogP contribution >= 0.6 is 11.6 Å². The Morgan fingerprint density at radius 3 is 2.41 bits per heavy atom. The van der Waals surface area contributed by atoms with E-state index in [1.165, 1.54) is 0 Å². The lowest BCUT2D eigenvalue weighted by atomic mass is 10.2. The first kappa shape index (κ1) is 19.9. The molecule has 27 heavy (non-hydrogen) atoms. The van der Waals surface area contributed by atoms with E-state index in [0.29, 0.717) is 37.1 Å². The molecule has 1 fully saturated rings. The largest absolute Gasteiger partial charge is 0.370 e. The predicted molar refractivity (Wildman–Crippen MR) is 109 cm³/mol. The molecule has 0 amide bonds. The van der Waals surface area contributed by atoms with Gasteiger partial charge in [0.25, 0.3) is 0 Å². The molecule has 1 aromatic heterocycles. The average molecular weight is 410 g/mol. The van der Waals surface area contributed by atoms with Crippen molar-refractivity contribution in [2.45, 2.75) is 19.6 Å². The molecule has 1 aromatic carbocycles. The number of nitrogens with zero attached hydrogens (tertiary/aromatic N) is 4. The molecular formula is C18H24ClN5O2S. The normalized spacial score (nSPS) is 15.7. The zero-order chi connectivity index (χ0) is 19.4. The van der Waals surface area contributed by atoms with E-state index in [0.717, 1.165) is 23.6 Å². The highest BCUT2D eigenvalue weighted by Gasteiger charge is 2.28. The molecule has 146 valence electrons. The van der Waals surface area contributed by atoms with Crippen molar-refractivity contribution in [1.29, 1.82) is 0 Å². The Morgan fingerprint density at radius 1 is 1.11 bits per heavy atom. The highest BCUT2D eigenvalue weighted by atomic mass is 35.5. The molecular weight excluding hydrogens is 386 g/mol. The molecule has 3 rings (SSSR count). The quantitative estimate of drug-likeness (QED) is 0.789. The number of hydrogen-bond acceptors (Lipinski definition) is 6. The van der Waals surface area contributed by atoms with Crippen LogP contribution in [0.5, 0.6) is 0 Å². The van der Waals surface area contributed by atoms with Gasteiger partial charge in [-0.1, -0.05) is 23.7 Å². The second-order valence-corrected chi connectivity index (χ2v) is 8.90. The zero-order valence-corrected chi connectivity index (χ0v) is 17.1. The minimum Gasteiger partial charge on any atom is -0.370 e. The molecule has 0 unspecified atom stereocenters. The molecule has 1 N–H and O–H groups in total. The van der Waals surface area contributed by atoms with Crippen LogP contribution < -0.4 is 10.2 Å². The molecule has 1 saturated heterocycles. The van der Waals surface area contributed by atoms with Crippen molar-refractivity contribution in [3.63, 3.8) is 0 Å². The monoisotopic (exact) mass is 409 g/mol. The lowest BCUT2D eigenvalue weighted by molar-refractivity contribution is 0.382. The fourth-order valence-electron chi connectivity index (χ4n) is 3.01. The van der Waals surface area contributed by atoms with Gasteiger partial charge in [-0.3, -0.25) is 0 Å². The van der Waals surface area contributed by atoms with Gasteiger partial charge >= 0.3 is 0 Å². The number of aromatic nitrogens is 2. The maximum atomic E-state index is 12.7. The van der Waals surface area contributed by atoms with Crippen LogP contribution in [-0.2, 0) is 15.8 Å². The van der Waals surface area contributed by atoms with Crippen LogP contribution in [0.1, 0.15) is 18.2 Å². The topological polar surface area (TPSA) is 78.4 Å². The van der Waals surface area contributed by atoms with E-state index in [2.05, 4.69) is 15.3 Å². The van der Waals surface area contributed by atoms with Crippen LogP contribution in [0.4, 0.5) is 11.8 Å². The maximum Gasteiger partial charge on any atom is 0.227 e.